The van der Waals surface area contributed by atoms with Gasteiger partial charge in [0.1, 0.15) is 11.4 Å². The van der Waals surface area contributed by atoms with Crippen molar-refractivity contribution in [1.29, 1.82) is 0 Å². The lowest BCUT2D eigenvalue weighted by Gasteiger charge is -2.21. The van der Waals surface area contributed by atoms with Gasteiger partial charge in [0.25, 0.3) is 0 Å². The highest BCUT2D eigenvalue weighted by molar-refractivity contribution is 5.67. The van der Waals surface area contributed by atoms with E-state index in [-0.39, 0.29) is 6.10 Å². The molecule has 82 valence electrons. The minimum atomic E-state index is -1.49. The zero-order valence-corrected chi connectivity index (χ0v) is 9.23. The molecule has 1 N–H and O–H groups in total. The second kappa shape index (κ2) is 4.45. The molecule has 0 radical (unpaired) electrons. The van der Waals surface area contributed by atoms with Gasteiger partial charge in [-0.1, -0.05) is 18.2 Å². The molecule has 0 heterocycles. The van der Waals surface area contributed by atoms with Crippen molar-refractivity contribution >= 4 is 6.29 Å². The number of carbonyl (C=O) groups excluding carboxylic acids is 1. The molecule has 0 saturated heterocycles. The molecule has 0 aliphatic carbocycles. The maximum Gasteiger partial charge on any atom is 0.155 e. The molecule has 1 unspecified atom stereocenters. The standard InChI is InChI=1S/C12H16O3/c1-9(2)15-11-7-5-4-6-10(11)12(3,14)8-13/h4-9,14H,1-3H3. The second-order valence-electron chi connectivity index (χ2n) is 3.93. The summed E-state index contributed by atoms with van der Waals surface area (Å²) in [4.78, 5) is 10.8. The van der Waals surface area contributed by atoms with E-state index in [1.165, 1.54) is 6.92 Å². The normalized spacial score (nSPS) is 14.7. The van der Waals surface area contributed by atoms with Crippen molar-refractivity contribution in [2.24, 2.45) is 0 Å². The Morgan fingerprint density at radius 2 is 2.00 bits per heavy atom. The second-order valence-corrected chi connectivity index (χ2v) is 3.93. The van der Waals surface area contributed by atoms with Crippen LogP contribution in [0.15, 0.2) is 24.3 Å². The minimum Gasteiger partial charge on any atom is -0.491 e. The highest BCUT2D eigenvalue weighted by atomic mass is 16.5. The van der Waals surface area contributed by atoms with Crippen LogP contribution in [0.25, 0.3) is 0 Å². The van der Waals surface area contributed by atoms with Crippen molar-refractivity contribution < 1.29 is 14.6 Å². The Balaban J connectivity index is 3.11. The molecule has 0 spiro atoms. The van der Waals surface area contributed by atoms with Gasteiger partial charge in [-0.15, -0.1) is 0 Å². The van der Waals surface area contributed by atoms with E-state index in [1.54, 1.807) is 18.2 Å². The van der Waals surface area contributed by atoms with Crippen molar-refractivity contribution in [3.8, 4) is 5.75 Å². The minimum absolute atomic E-state index is 0.00796. The smallest absolute Gasteiger partial charge is 0.155 e. The van der Waals surface area contributed by atoms with Gasteiger partial charge in [-0.3, -0.25) is 4.79 Å². The van der Waals surface area contributed by atoms with Crippen molar-refractivity contribution in [3.05, 3.63) is 29.8 Å². The van der Waals surface area contributed by atoms with Gasteiger partial charge in [0.05, 0.1) is 6.10 Å². The first-order chi connectivity index (χ1) is 6.97. The summed E-state index contributed by atoms with van der Waals surface area (Å²) in [5.74, 6) is 0.546. The van der Waals surface area contributed by atoms with Crippen molar-refractivity contribution in [2.45, 2.75) is 32.5 Å². The Morgan fingerprint density at radius 1 is 1.40 bits per heavy atom. The number of carbonyl (C=O) groups is 1. The number of aldehydes is 1. The number of hydrogen-bond donors (Lipinski definition) is 1. The molecule has 3 heteroatoms. The molecule has 0 aliphatic heterocycles. The summed E-state index contributed by atoms with van der Waals surface area (Å²) >= 11 is 0. The van der Waals surface area contributed by atoms with Crippen LogP contribution in [0.3, 0.4) is 0 Å². The fourth-order valence-corrected chi connectivity index (χ4v) is 1.30. The number of benzene rings is 1. The van der Waals surface area contributed by atoms with E-state index in [2.05, 4.69) is 0 Å². The number of ether oxygens (including phenoxy) is 1. The Hall–Kier alpha value is -1.35. The largest absolute Gasteiger partial charge is 0.491 e. The topological polar surface area (TPSA) is 46.5 Å². The van der Waals surface area contributed by atoms with Gasteiger partial charge in [0, 0.05) is 5.56 Å². The van der Waals surface area contributed by atoms with Crippen LogP contribution in [0.2, 0.25) is 0 Å². The SMILES string of the molecule is CC(C)Oc1ccccc1C(C)(O)C=O. The molecule has 1 rings (SSSR count). The summed E-state index contributed by atoms with van der Waals surface area (Å²) in [6, 6.07) is 7.00. The first kappa shape index (κ1) is 11.7. The monoisotopic (exact) mass is 208 g/mol. The Kier molecular flexibility index (Phi) is 3.48. The van der Waals surface area contributed by atoms with Crippen LogP contribution >= 0.6 is 0 Å². The first-order valence-electron chi connectivity index (χ1n) is 4.92. The van der Waals surface area contributed by atoms with Gasteiger partial charge >= 0.3 is 0 Å². The van der Waals surface area contributed by atoms with E-state index in [0.29, 0.717) is 17.6 Å². The third-order valence-electron chi connectivity index (χ3n) is 2.02. The summed E-state index contributed by atoms with van der Waals surface area (Å²) < 4.78 is 5.51. The third-order valence-corrected chi connectivity index (χ3v) is 2.02. The molecule has 0 bridgehead atoms. The Labute approximate surface area is 89.7 Å². The fraction of sp³-hybridized carbons (Fsp3) is 0.417. The first-order valence-corrected chi connectivity index (χ1v) is 4.92. The van der Waals surface area contributed by atoms with Gasteiger partial charge in [-0.05, 0) is 26.8 Å². The highest BCUT2D eigenvalue weighted by Crippen LogP contribution is 2.28. The molecular formula is C12H16O3. The number of aliphatic hydroxyl groups is 1. The Morgan fingerprint density at radius 3 is 2.53 bits per heavy atom. The van der Waals surface area contributed by atoms with Crippen LogP contribution in [0.4, 0.5) is 0 Å². The maximum atomic E-state index is 10.8. The quantitative estimate of drug-likeness (QED) is 0.768. The molecule has 15 heavy (non-hydrogen) atoms. The van der Waals surface area contributed by atoms with Gasteiger partial charge in [0.15, 0.2) is 6.29 Å². The molecule has 1 aromatic carbocycles. The van der Waals surface area contributed by atoms with Crippen LogP contribution in [0, 0.1) is 0 Å². The van der Waals surface area contributed by atoms with Crippen LogP contribution in [0.5, 0.6) is 5.75 Å². The molecule has 1 aromatic rings. The summed E-state index contributed by atoms with van der Waals surface area (Å²) in [6.45, 7) is 5.24. The van der Waals surface area contributed by atoms with Crippen molar-refractivity contribution in [2.75, 3.05) is 0 Å². The van der Waals surface area contributed by atoms with E-state index < -0.39 is 5.60 Å². The van der Waals surface area contributed by atoms with Gasteiger partial charge < -0.3 is 9.84 Å². The number of hydrogen-bond acceptors (Lipinski definition) is 3. The molecular weight excluding hydrogens is 192 g/mol. The average Bonchev–Trinajstić information content (AvgIpc) is 2.17. The molecule has 0 aromatic heterocycles. The van der Waals surface area contributed by atoms with E-state index in [0.717, 1.165) is 0 Å². The Bertz CT molecular complexity index is 342. The number of rotatable bonds is 4. The summed E-state index contributed by atoms with van der Waals surface area (Å²) in [5, 5.41) is 9.84. The van der Waals surface area contributed by atoms with Crippen LogP contribution in [-0.2, 0) is 10.4 Å². The highest BCUT2D eigenvalue weighted by Gasteiger charge is 2.26. The van der Waals surface area contributed by atoms with E-state index >= 15 is 0 Å². The average molecular weight is 208 g/mol. The van der Waals surface area contributed by atoms with E-state index in [4.69, 9.17) is 4.74 Å². The molecule has 0 aliphatic rings. The summed E-state index contributed by atoms with van der Waals surface area (Å²) in [6.07, 6.45) is 0.517. The molecule has 0 fully saturated rings. The van der Waals surface area contributed by atoms with Crippen molar-refractivity contribution in [3.63, 3.8) is 0 Å². The number of para-hydroxylation sites is 1. The summed E-state index contributed by atoms with van der Waals surface area (Å²) in [7, 11) is 0. The van der Waals surface area contributed by atoms with Crippen LogP contribution in [-0.4, -0.2) is 17.5 Å². The predicted octanol–water partition coefficient (Wildman–Crippen LogP) is 1.88. The van der Waals surface area contributed by atoms with Crippen LogP contribution < -0.4 is 4.74 Å². The predicted molar refractivity (Wildman–Crippen MR) is 57.8 cm³/mol. The zero-order chi connectivity index (χ0) is 11.5. The molecule has 1 atom stereocenters. The lowest BCUT2D eigenvalue weighted by molar-refractivity contribution is -0.123. The zero-order valence-electron chi connectivity index (χ0n) is 9.23. The van der Waals surface area contributed by atoms with Gasteiger partial charge in [-0.2, -0.15) is 0 Å². The van der Waals surface area contributed by atoms with Crippen LogP contribution in [0.1, 0.15) is 26.3 Å². The third kappa shape index (κ3) is 2.80. The maximum absolute atomic E-state index is 10.8. The molecule has 0 saturated carbocycles. The molecule has 0 amide bonds. The lowest BCUT2D eigenvalue weighted by atomic mass is 9.97. The van der Waals surface area contributed by atoms with E-state index in [1.807, 2.05) is 19.9 Å². The lowest BCUT2D eigenvalue weighted by Crippen LogP contribution is -2.24. The molecule has 3 nitrogen and oxygen atoms in total. The van der Waals surface area contributed by atoms with Gasteiger partial charge in [-0.25, -0.2) is 0 Å². The van der Waals surface area contributed by atoms with E-state index in [9.17, 15) is 9.90 Å². The fourth-order valence-electron chi connectivity index (χ4n) is 1.30. The summed E-state index contributed by atoms with van der Waals surface area (Å²) in [5.41, 5.74) is -1.00. The van der Waals surface area contributed by atoms with Gasteiger partial charge in [0.2, 0.25) is 0 Å². The van der Waals surface area contributed by atoms with Crippen molar-refractivity contribution in [1.82, 2.24) is 0 Å².